The predicted octanol–water partition coefficient (Wildman–Crippen LogP) is 0.381. The van der Waals surface area contributed by atoms with Gasteiger partial charge in [0.25, 0.3) is 0 Å². The van der Waals surface area contributed by atoms with Gasteiger partial charge < -0.3 is 25.0 Å². The second kappa shape index (κ2) is 8.94. The molecule has 0 saturated heterocycles. The number of ether oxygens (including phenoxy) is 2. The quantitative estimate of drug-likeness (QED) is 0.640. The number of nitrogens with one attached hydrogen (secondary N) is 1. The zero-order chi connectivity index (χ0) is 18.4. The Bertz CT molecular complexity index is 578. The smallest absolute Gasteiger partial charge is 0.303 e. The number of carbonyl (C=O) groups is 2. The van der Waals surface area contributed by atoms with Crippen molar-refractivity contribution in [2.75, 3.05) is 6.61 Å². The zero-order valence-electron chi connectivity index (χ0n) is 14.4. The van der Waals surface area contributed by atoms with Gasteiger partial charge in [-0.3, -0.25) is 9.59 Å². The third kappa shape index (κ3) is 5.26. The van der Waals surface area contributed by atoms with Crippen LogP contribution in [0.2, 0.25) is 0 Å². The van der Waals surface area contributed by atoms with Gasteiger partial charge in [-0.15, -0.1) is 0 Å². The third-order valence-corrected chi connectivity index (χ3v) is 4.29. The van der Waals surface area contributed by atoms with Crippen LogP contribution in [0.1, 0.15) is 25.8 Å². The lowest BCUT2D eigenvalue weighted by Gasteiger charge is -2.44. The number of esters is 1. The summed E-state index contributed by atoms with van der Waals surface area (Å²) in [6.45, 7) is 2.63. The minimum Gasteiger partial charge on any atom is -0.457 e. The number of carbonyl (C=O) groups excluding carboxylic acids is 2. The SMILES string of the molecule is CC(=O)NC1C(OC(C)=O)[C@H](OCc2ccccc2)C(CO)C[C@@H]1O. The molecule has 0 aliphatic heterocycles. The molecule has 1 aromatic carbocycles. The average Bonchev–Trinajstić information content (AvgIpc) is 2.57. The monoisotopic (exact) mass is 351 g/mol. The molecule has 1 fully saturated rings. The predicted molar refractivity (Wildman–Crippen MR) is 89.4 cm³/mol. The van der Waals surface area contributed by atoms with E-state index in [1.165, 1.54) is 13.8 Å². The Kier molecular flexibility index (Phi) is 6.92. The number of hydrogen-bond donors (Lipinski definition) is 3. The molecule has 1 aliphatic carbocycles. The fourth-order valence-electron chi connectivity index (χ4n) is 3.20. The van der Waals surface area contributed by atoms with Crippen LogP contribution in [0.5, 0.6) is 0 Å². The van der Waals surface area contributed by atoms with Crippen LogP contribution in [0.4, 0.5) is 0 Å². The normalized spacial score (nSPS) is 29.0. The molecule has 0 heterocycles. The van der Waals surface area contributed by atoms with E-state index in [1.807, 2.05) is 30.3 Å². The van der Waals surface area contributed by atoms with E-state index in [0.717, 1.165) is 5.56 Å². The Balaban J connectivity index is 2.21. The highest BCUT2D eigenvalue weighted by Gasteiger charge is 2.47. The molecule has 25 heavy (non-hydrogen) atoms. The summed E-state index contributed by atoms with van der Waals surface area (Å²) >= 11 is 0. The van der Waals surface area contributed by atoms with Gasteiger partial charge in [0, 0.05) is 26.4 Å². The van der Waals surface area contributed by atoms with Crippen molar-refractivity contribution in [2.45, 2.75) is 51.2 Å². The first-order valence-electron chi connectivity index (χ1n) is 8.31. The van der Waals surface area contributed by atoms with Crippen molar-refractivity contribution in [3.63, 3.8) is 0 Å². The van der Waals surface area contributed by atoms with E-state index in [-0.39, 0.29) is 25.5 Å². The zero-order valence-corrected chi connectivity index (χ0v) is 14.4. The minimum atomic E-state index is -0.943. The summed E-state index contributed by atoms with van der Waals surface area (Å²) < 4.78 is 11.3. The summed E-state index contributed by atoms with van der Waals surface area (Å²) in [4.78, 5) is 23.0. The van der Waals surface area contributed by atoms with Crippen LogP contribution >= 0.6 is 0 Å². The van der Waals surface area contributed by atoms with E-state index >= 15 is 0 Å². The van der Waals surface area contributed by atoms with Crippen molar-refractivity contribution in [3.05, 3.63) is 35.9 Å². The molecule has 7 nitrogen and oxygen atoms in total. The summed E-state index contributed by atoms with van der Waals surface area (Å²) in [7, 11) is 0. The Morgan fingerprint density at radius 1 is 1.20 bits per heavy atom. The fraction of sp³-hybridized carbons (Fsp3) is 0.556. The maximum atomic E-state index is 11.5. The van der Waals surface area contributed by atoms with Crippen LogP contribution in [-0.4, -0.2) is 53.1 Å². The molecular weight excluding hydrogens is 326 g/mol. The highest BCUT2D eigenvalue weighted by Crippen LogP contribution is 2.31. The highest BCUT2D eigenvalue weighted by atomic mass is 16.6. The Hall–Kier alpha value is -1.96. The molecule has 0 bridgehead atoms. The van der Waals surface area contributed by atoms with Crippen LogP contribution in [0.3, 0.4) is 0 Å². The van der Waals surface area contributed by atoms with Crippen molar-refractivity contribution < 1.29 is 29.3 Å². The van der Waals surface area contributed by atoms with Gasteiger partial charge in [-0.2, -0.15) is 0 Å². The largest absolute Gasteiger partial charge is 0.457 e. The molecule has 1 amide bonds. The first-order valence-corrected chi connectivity index (χ1v) is 8.31. The maximum Gasteiger partial charge on any atom is 0.303 e. The van der Waals surface area contributed by atoms with Crippen LogP contribution < -0.4 is 5.32 Å². The molecule has 138 valence electrons. The first-order chi connectivity index (χ1) is 11.9. The third-order valence-electron chi connectivity index (χ3n) is 4.29. The lowest BCUT2D eigenvalue weighted by Crippen LogP contribution is -2.62. The number of hydrogen-bond acceptors (Lipinski definition) is 6. The summed E-state index contributed by atoms with van der Waals surface area (Å²) in [5.41, 5.74) is 0.933. The molecule has 3 unspecified atom stereocenters. The second-order valence-corrected chi connectivity index (χ2v) is 6.31. The van der Waals surface area contributed by atoms with Crippen molar-refractivity contribution in [2.24, 2.45) is 5.92 Å². The lowest BCUT2D eigenvalue weighted by atomic mass is 9.79. The van der Waals surface area contributed by atoms with Gasteiger partial charge in [-0.05, 0) is 12.0 Å². The molecule has 1 aromatic rings. The van der Waals surface area contributed by atoms with E-state index in [2.05, 4.69) is 5.32 Å². The fourth-order valence-corrected chi connectivity index (χ4v) is 3.20. The molecule has 7 heteroatoms. The summed E-state index contributed by atoms with van der Waals surface area (Å²) in [5.74, 6) is -1.29. The Morgan fingerprint density at radius 3 is 2.44 bits per heavy atom. The standard InChI is InChI=1S/C18H25NO6/c1-11(21)19-16-15(23)8-14(9-20)17(18(16)25-12(2)22)24-10-13-6-4-3-5-7-13/h3-7,14-18,20,23H,8-10H2,1-2H3,(H,19,21)/t14?,15-,16?,17+,18?/m0/s1. The molecule has 5 atom stereocenters. The van der Waals surface area contributed by atoms with Crippen molar-refractivity contribution in [1.29, 1.82) is 0 Å². The van der Waals surface area contributed by atoms with Crippen LogP contribution in [0, 0.1) is 5.92 Å². The molecular formula is C18H25NO6. The number of amides is 1. The number of rotatable bonds is 6. The van der Waals surface area contributed by atoms with Gasteiger partial charge in [-0.25, -0.2) is 0 Å². The molecule has 0 aromatic heterocycles. The highest BCUT2D eigenvalue weighted by molar-refractivity contribution is 5.73. The van der Waals surface area contributed by atoms with Gasteiger partial charge in [0.05, 0.1) is 18.8 Å². The Labute approximate surface area is 146 Å². The number of aliphatic hydroxyl groups is 2. The van der Waals surface area contributed by atoms with Gasteiger partial charge >= 0.3 is 5.97 Å². The van der Waals surface area contributed by atoms with E-state index in [1.54, 1.807) is 0 Å². The molecule has 0 radical (unpaired) electrons. The lowest BCUT2D eigenvalue weighted by molar-refractivity contribution is -0.183. The first kappa shape index (κ1) is 19.4. The van der Waals surface area contributed by atoms with Gasteiger partial charge in [0.2, 0.25) is 5.91 Å². The summed E-state index contributed by atoms with van der Waals surface area (Å²) in [6, 6.07) is 8.68. The van der Waals surface area contributed by atoms with E-state index in [4.69, 9.17) is 9.47 Å². The van der Waals surface area contributed by atoms with Gasteiger partial charge in [0.15, 0.2) is 6.10 Å². The van der Waals surface area contributed by atoms with E-state index < -0.39 is 36.2 Å². The molecule has 3 N–H and O–H groups in total. The van der Waals surface area contributed by atoms with E-state index in [9.17, 15) is 19.8 Å². The van der Waals surface area contributed by atoms with Gasteiger partial charge in [-0.1, -0.05) is 30.3 Å². The topological polar surface area (TPSA) is 105 Å². The van der Waals surface area contributed by atoms with Crippen LogP contribution in [0.25, 0.3) is 0 Å². The number of benzene rings is 1. The minimum absolute atomic E-state index is 0.221. The molecule has 1 saturated carbocycles. The van der Waals surface area contributed by atoms with Crippen molar-refractivity contribution in [1.82, 2.24) is 5.32 Å². The van der Waals surface area contributed by atoms with Crippen molar-refractivity contribution >= 4 is 11.9 Å². The number of aliphatic hydroxyl groups excluding tert-OH is 2. The molecule has 0 spiro atoms. The van der Waals surface area contributed by atoms with Crippen LogP contribution in [-0.2, 0) is 25.7 Å². The molecule has 1 aliphatic rings. The van der Waals surface area contributed by atoms with Gasteiger partial charge in [0.1, 0.15) is 6.10 Å². The summed E-state index contributed by atoms with van der Waals surface area (Å²) in [6.07, 6.45) is -2.24. The average molecular weight is 351 g/mol. The Morgan fingerprint density at radius 2 is 1.88 bits per heavy atom. The van der Waals surface area contributed by atoms with E-state index in [0.29, 0.717) is 0 Å². The maximum absolute atomic E-state index is 11.5. The summed E-state index contributed by atoms with van der Waals surface area (Å²) in [5, 5.41) is 22.6. The molecule has 2 rings (SSSR count). The van der Waals surface area contributed by atoms with Crippen LogP contribution in [0.15, 0.2) is 30.3 Å². The van der Waals surface area contributed by atoms with Crippen molar-refractivity contribution in [3.8, 4) is 0 Å². The second-order valence-electron chi connectivity index (χ2n) is 6.31.